The zero-order chi connectivity index (χ0) is 28.5. The molecule has 2 aliphatic heterocycles. The highest BCUT2D eigenvalue weighted by atomic mass is 79.9. The fourth-order valence-corrected chi connectivity index (χ4v) is 6.08. The number of carbonyl (C=O) groups excluding carboxylic acids is 2. The lowest BCUT2D eigenvalue weighted by Crippen LogP contribution is -2.47. The molecule has 10 heteroatoms. The van der Waals surface area contributed by atoms with Gasteiger partial charge in [-0.2, -0.15) is 0 Å². The number of benzene rings is 2. The fourth-order valence-electron chi connectivity index (χ4n) is 5.77. The first-order valence-corrected chi connectivity index (χ1v) is 14.4. The first-order valence-electron chi connectivity index (χ1n) is 13.6. The van der Waals surface area contributed by atoms with Gasteiger partial charge in [0, 0.05) is 48.6 Å². The summed E-state index contributed by atoms with van der Waals surface area (Å²) >= 11 is 3.24. The summed E-state index contributed by atoms with van der Waals surface area (Å²) < 4.78 is 13.3. The Morgan fingerprint density at radius 1 is 0.976 bits per heavy atom. The molecule has 2 bridgehead atoms. The molecule has 2 unspecified atom stereocenters. The zero-order valence-corrected chi connectivity index (χ0v) is 24.0. The highest BCUT2D eigenvalue weighted by molar-refractivity contribution is 9.10. The van der Waals surface area contributed by atoms with Crippen LogP contribution in [-0.4, -0.2) is 36.1 Å². The van der Waals surface area contributed by atoms with E-state index in [2.05, 4.69) is 31.5 Å². The number of hydrogen-bond acceptors (Lipinski definition) is 6. The summed E-state index contributed by atoms with van der Waals surface area (Å²) in [7, 11) is 0. The van der Waals surface area contributed by atoms with E-state index in [9.17, 15) is 14.4 Å². The second kappa shape index (κ2) is 11.3. The van der Waals surface area contributed by atoms with Crippen LogP contribution in [0.3, 0.4) is 0 Å². The molecule has 0 spiro atoms. The Morgan fingerprint density at radius 3 is 2.56 bits per heavy atom. The Labute approximate surface area is 245 Å². The number of nitrogens with zero attached hydrogens (tertiary/aromatic N) is 2. The van der Waals surface area contributed by atoms with E-state index in [1.165, 1.54) is 0 Å². The number of ether oxygens (including phenoxy) is 1. The molecule has 0 saturated carbocycles. The van der Waals surface area contributed by atoms with E-state index in [0.29, 0.717) is 41.3 Å². The molecule has 9 nitrogen and oxygen atoms in total. The van der Waals surface area contributed by atoms with Gasteiger partial charge in [-0.05, 0) is 95.9 Å². The Kier molecular flexibility index (Phi) is 7.40. The van der Waals surface area contributed by atoms with Crippen LogP contribution in [0.5, 0.6) is 5.75 Å². The van der Waals surface area contributed by atoms with Crippen LogP contribution in [0.4, 0.5) is 17.1 Å². The Bertz CT molecular complexity index is 1660. The average molecular weight is 618 g/mol. The highest BCUT2D eigenvalue weighted by Gasteiger charge is 2.35. The van der Waals surface area contributed by atoms with Crippen LogP contribution in [0.1, 0.15) is 45.9 Å². The minimum atomic E-state index is -0.421. The van der Waals surface area contributed by atoms with Crippen LogP contribution in [0.15, 0.2) is 86.7 Å². The monoisotopic (exact) mass is 616 g/mol. The number of amides is 2. The predicted molar refractivity (Wildman–Crippen MR) is 160 cm³/mol. The third-order valence-corrected chi connectivity index (χ3v) is 7.97. The van der Waals surface area contributed by atoms with Crippen LogP contribution in [-0.2, 0) is 6.54 Å². The summed E-state index contributed by atoms with van der Waals surface area (Å²) in [6.45, 7) is 4.55. The van der Waals surface area contributed by atoms with Crippen molar-refractivity contribution in [2.45, 2.75) is 25.8 Å². The van der Waals surface area contributed by atoms with Gasteiger partial charge in [-0.1, -0.05) is 6.07 Å². The Balaban J connectivity index is 1.29. The molecule has 6 rings (SSSR count). The van der Waals surface area contributed by atoms with E-state index in [0.717, 1.165) is 30.1 Å². The van der Waals surface area contributed by atoms with Gasteiger partial charge in [0.1, 0.15) is 5.75 Å². The summed E-state index contributed by atoms with van der Waals surface area (Å²) in [6.07, 6.45) is 1.00. The number of carbonyl (C=O) groups is 2. The number of pyridine rings is 1. The minimum Gasteiger partial charge on any atom is -0.494 e. The number of halogens is 1. The summed E-state index contributed by atoms with van der Waals surface area (Å²) in [5.41, 5.74) is 3.41. The number of nitrogens with one attached hydrogen (secondary N) is 2. The van der Waals surface area contributed by atoms with Crippen LogP contribution < -0.4 is 25.8 Å². The number of furan rings is 1. The number of piperidine rings is 1. The molecule has 4 aromatic rings. The molecule has 2 aliphatic rings. The zero-order valence-electron chi connectivity index (χ0n) is 22.4. The second-order valence-corrected chi connectivity index (χ2v) is 11.1. The van der Waals surface area contributed by atoms with E-state index >= 15 is 0 Å². The molecule has 4 heterocycles. The smallest absolute Gasteiger partial charge is 0.291 e. The second-order valence-electron chi connectivity index (χ2n) is 10.3. The van der Waals surface area contributed by atoms with Gasteiger partial charge >= 0.3 is 0 Å². The van der Waals surface area contributed by atoms with E-state index in [4.69, 9.17) is 9.15 Å². The third-order valence-electron chi connectivity index (χ3n) is 7.55. The summed E-state index contributed by atoms with van der Waals surface area (Å²) in [5.74, 6) is 0.618. The third kappa shape index (κ3) is 5.65. The van der Waals surface area contributed by atoms with E-state index in [-0.39, 0.29) is 29.1 Å². The SMILES string of the molecule is CCOc1ccc(NC(=O)c2ccc(N3CC4CC(C3)c3cccc(=O)n3C4)c(NC(=O)c3ccc(Br)o3)c2)cc1. The van der Waals surface area contributed by atoms with Crippen molar-refractivity contribution >= 4 is 44.8 Å². The normalized spacial score (nSPS) is 17.5. The van der Waals surface area contributed by atoms with Gasteiger partial charge < -0.3 is 29.3 Å². The van der Waals surface area contributed by atoms with E-state index in [1.54, 1.807) is 54.6 Å². The largest absolute Gasteiger partial charge is 0.494 e. The van der Waals surface area contributed by atoms with Crippen LogP contribution >= 0.6 is 15.9 Å². The summed E-state index contributed by atoms with van der Waals surface area (Å²) in [5, 5.41) is 5.88. The van der Waals surface area contributed by atoms with Gasteiger partial charge in [0.15, 0.2) is 10.4 Å². The molecule has 1 fully saturated rings. The Hall–Kier alpha value is -4.31. The maximum absolute atomic E-state index is 13.2. The quantitative estimate of drug-likeness (QED) is 0.275. The van der Waals surface area contributed by atoms with Crippen molar-refractivity contribution in [1.29, 1.82) is 0 Å². The first-order chi connectivity index (χ1) is 19.9. The molecule has 0 aliphatic carbocycles. The van der Waals surface area contributed by atoms with Crippen molar-refractivity contribution in [2.24, 2.45) is 5.92 Å². The standard InChI is InChI=1S/C31H29BrN4O5/c1-2-40-23-9-7-22(8-10-23)33-30(38)20-6-11-26(24(15-20)34-31(39)27-12-13-28(32)41-27)35-16-19-14-21(18-35)25-4-3-5-29(37)36(25)17-19/h3-13,15,19,21H,2,14,16-18H2,1H3,(H,33,38)(H,34,39). The van der Waals surface area contributed by atoms with Gasteiger partial charge in [-0.15, -0.1) is 0 Å². The van der Waals surface area contributed by atoms with Crippen LogP contribution in [0.2, 0.25) is 0 Å². The predicted octanol–water partition coefficient (Wildman–Crippen LogP) is 5.73. The molecule has 2 aromatic heterocycles. The molecule has 2 aromatic carbocycles. The molecule has 2 N–H and O–H groups in total. The van der Waals surface area contributed by atoms with Crippen molar-refractivity contribution < 1.29 is 18.7 Å². The van der Waals surface area contributed by atoms with Gasteiger partial charge in [0.2, 0.25) is 0 Å². The maximum Gasteiger partial charge on any atom is 0.291 e. The molecular weight excluding hydrogens is 588 g/mol. The lowest BCUT2D eigenvalue weighted by atomic mass is 9.83. The number of rotatable bonds is 7. The van der Waals surface area contributed by atoms with Crippen molar-refractivity contribution in [3.05, 3.63) is 105 Å². The summed E-state index contributed by atoms with van der Waals surface area (Å²) in [4.78, 5) is 41.1. The van der Waals surface area contributed by atoms with Crippen LogP contribution in [0, 0.1) is 5.92 Å². The first kappa shape index (κ1) is 26.9. The van der Waals surface area contributed by atoms with Crippen molar-refractivity contribution in [3.8, 4) is 5.75 Å². The van der Waals surface area contributed by atoms with E-state index < -0.39 is 5.91 Å². The van der Waals surface area contributed by atoms with Gasteiger partial charge in [0.25, 0.3) is 17.4 Å². The van der Waals surface area contributed by atoms with Gasteiger partial charge in [-0.25, -0.2) is 0 Å². The molecule has 41 heavy (non-hydrogen) atoms. The van der Waals surface area contributed by atoms with E-state index in [1.807, 2.05) is 29.7 Å². The van der Waals surface area contributed by atoms with Crippen molar-refractivity contribution in [3.63, 3.8) is 0 Å². The van der Waals surface area contributed by atoms with Gasteiger partial charge in [0.05, 0.1) is 18.0 Å². The van der Waals surface area contributed by atoms with Crippen LogP contribution in [0.25, 0.3) is 0 Å². The summed E-state index contributed by atoms with van der Waals surface area (Å²) in [6, 6.07) is 21.2. The molecule has 1 saturated heterocycles. The number of aromatic nitrogens is 1. The molecular formula is C31H29BrN4O5. The molecule has 210 valence electrons. The number of fused-ring (bicyclic) bond motifs is 4. The Morgan fingerprint density at radius 2 is 1.80 bits per heavy atom. The fraction of sp³-hybridized carbons (Fsp3) is 0.258. The van der Waals surface area contributed by atoms with Gasteiger partial charge in [-0.3, -0.25) is 14.4 Å². The maximum atomic E-state index is 13.2. The number of anilines is 3. The molecule has 0 radical (unpaired) electrons. The lowest BCUT2D eigenvalue weighted by Gasteiger charge is -2.44. The van der Waals surface area contributed by atoms with Crippen molar-refractivity contribution in [2.75, 3.05) is 35.2 Å². The molecule has 2 amide bonds. The average Bonchev–Trinajstić information content (AvgIpc) is 3.41. The lowest BCUT2D eigenvalue weighted by molar-refractivity contribution is 0.0992. The minimum absolute atomic E-state index is 0.0334. The molecule has 2 atom stereocenters. The topological polar surface area (TPSA) is 106 Å². The van der Waals surface area contributed by atoms with Crippen molar-refractivity contribution in [1.82, 2.24) is 4.57 Å². The number of hydrogen-bond donors (Lipinski definition) is 2. The highest BCUT2D eigenvalue weighted by Crippen LogP contribution is 2.39.